The molecule has 3 aromatic rings. The summed E-state index contributed by atoms with van der Waals surface area (Å²) >= 11 is 15.2. The molecule has 108 valence electrons. The van der Waals surface area contributed by atoms with Crippen LogP contribution in [0.5, 0.6) is 0 Å². The van der Waals surface area contributed by atoms with Gasteiger partial charge < -0.3 is 5.32 Å². The third-order valence-corrected chi connectivity index (χ3v) is 5.51. The van der Waals surface area contributed by atoms with Gasteiger partial charge in [0.1, 0.15) is 5.82 Å². The fourth-order valence-corrected chi connectivity index (χ4v) is 4.22. The van der Waals surface area contributed by atoms with Crippen LogP contribution in [0.15, 0.2) is 47.8 Å². The molecule has 0 saturated heterocycles. The molecule has 1 atom stereocenters. The Labute approximate surface area is 140 Å². The quantitative estimate of drug-likeness (QED) is 0.565. The summed E-state index contributed by atoms with van der Waals surface area (Å²) in [5.74, 6) is -0.369. The van der Waals surface area contributed by atoms with Crippen molar-refractivity contribution >= 4 is 51.6 Å². The van der Waals surface area contributed by atoms with Crippen molar-refractivity contribution in [1.82, 2.24) is 0 Å². The predicted molar refractivity (Wildman–Crippen MR) is 90.5 cm³/mol. The van der Waals surface area contributed by atoms with Crippen LogP contribution in [0.3, 0.4) is 0 Å². The van der Waals surface area contributed by atoms with E-state index in [2.05, 4.69) is 5.32 Å². The van der Waals surface area contributed by atoms with Gasteiger partial charge in [-0.25, -0.2) is 4.39 Å². The van der Waals surface area contributed by atoms with E-state index < -0.39 is 0 Å². The second kappa shape index (κ2) is 6.36. The maximum absolute atomic E-state index is 14.0. The van der Waals surface area contributed by atoms with E-state index >= 15 is 0 Å². The van der Waals surface area contributed by atoms with E-state index in [9.17, 15) is 4.39 Å². The number of hydrogen-bond donors (Lipinski definition) is 1. The summed E-state index contributed by atoms with van der Waals surface area (Å²) < 4.78 is 14.7. The highest BCUT2D eigenvalue weighted by Crippen LogP contribution is 2.37. The molecular formula is C15H10Cl2FNS2. The summed E-state index contributed by atoms with van der Waals surface area (Å²) in [5, 5.41) is 5.55. The van der Waals surface area contributed by atoms with Crippen LogP contribution in [0.1, 0.15) is 15.8 Å². The zero-order valence-corrected chi connectivity index (χ0v) is 13.8. The summed E-state index contributed by atoms with van der Waals surface area (Å²) in [6, 6.07) is 12.2. The van der Waals surface area contributed by atoms with Gasteiger partial charge in [0.2, 0.25) is 0 Å². The highest BCUT2D eigenvalue weighted by atomic mass is 35.5. The van der Waals surface area contributed by atoms with E-state index in [4.69, 9.17) is 23.2 Å². The molecule has 0 aliphatic rings. The largest absolute Gasteiger partial charge is 0.369 e. The highest BCUT2D eigenvalue weighted by molar-refractivity contribution is 7.16. The second-order valence-corrected chi connectivity index (χ2v) is 7.46. The van der Waals surface area contributed by atoms with E-state index in [1.807, 2.05) is 29.6 Å². The van der Waals surface area contributed by atoms with E-state index in [0.717, 1.165) is 9.75 Å². The molecule has 6 heteroatoms. The van der Waals surface area contributed by atoms with Crippen molar-refractivity contribution < 1.29 is 4.39 Å². The number of hydrogen-bond acceptors (Lipinski definition) is 3. The monoisotopic (exact) mass is 357 g/mol. The van der Waals surface area contributed by atoms with Crippen LogP contribution >= 0.6 is 45.9 Å². The lowest BCUT2D eigenvalue weighted by molar-refractivity contribution is 0.629. The summed E-state index contributed by atoms with van der Waals surface area (Å²) in [4.78, 5) is 2.09. The van der Waals surface area contributed by atoms with Gasteiger partial charge in [0, 0.05) is 9.75 Å². The Hall–Kier alpha value is -1.07. The molecule has 1 N–H and O–H groups in total. The molecule has 0 fully saturated rings. The third-order valence-electron chi connectivity index (χ3n) is 2.96. The lowest BCUT2D eigenvalue weighted by Crippen LogP contribution is -2.11. The van der Waals surface area contributed by atoms with E-state index in [0.29, 0.717) is 15.0 Å². The van der Waals surface area contributed by atoms with Gasteiger partial charge in [-0.2, -0.15) is 0 Å². The number of anilines is 1. The number of halogens is 3. The maximum atomic E-state index is 14.0. The lowest BCUT2D eigenvalue weighted by atomic mass is 10.2. The Kier molecular flexibility index (Phi) is 4.50. The van der Waals surface area contributed by atoms with Gasteiger partial charge in [0.15, 0.2) is 0 Å². The van der Waals surface area contributed by atoms with E-state index in [1.165, 1.54) is 17.4 Å². The number of nitrogens with one attached hydrogen (secondary N) is 1. The number of benzene rings is 1. The third kappa shape index (κ3) is 3.24. The Morgan fingerprint density at radius 1 is 1.00 bits per heavy atom. The van der Waals surface area contributed by atoms with Crippen molar-refractivity contribution in [2.24, 2.45) is 0 Å². The van der Waals surface area contributed by atoms with E-state index in [1.54, 1.807) is 23.5 Å². The van der Waals surface area contributed by atoms with Gasteiger partial charge >= 0.3 is 0 Å². The Morgan fingerprint density at radius 2 is 1.86 bits per heavy atom. The number of para-hydroxylation sites is 1. The first-order chi connectivity index (χ1) is 10.1. The summed E-state index contributed by atoms with van der Waals surface area (Å²) in [6.07, 6.45) is 0. The van der Waals surface area contributed by atoms with Gasteiger partial charge in [-0.15, -0.1) is 22.7 Å². The minimum absolute atomic E-state index is 0.170. The van der Waals surface area contributed by atoms with Gasteiger partial charge in [0.25, 0.3) is 0 Å². The zero-order valence-electron chi connectivity index (χ0n) is 10.6. The van der Waals surface area contributed by atoms with Gasteiger partial charge in [-0.05, 0) is 35.7 Å². The molecule has 21 heavy (non-hydrogen) atoms. The Morgan fingerprint density at radius 3 is 2.48 bits per heavy atom. The van der Waals surface area contributed by atoms with Crippen molar-refractivity contribution in [2.45, 2.75) is 6.04 Å². The molecular weight excluding hydrogens is 348 g/mol. The van der Waals surface area contributed by atoms with Crippen molar-refractivity contribution in [3.8, 4) is 0 Å². The number of rotatable bonds is 4. The first-order valence-electron chi connectivity index (χ1n) is 6.14. The van der Waals surface area contributed by atoms with Crippen molar-refractivity contribution in [3.63, 3.8) is 0 Å². The lowest BCUT2D eigenvalue weighted by Gasteiger charge is -2.19. The Balaban J connectivity index is 2.01. The fourth-order valence-electron chi connectivity index (χ4n) is 2.00. The Bertz CT molecular complexity index is 720. The standard InChI is InChI=1S/C15H10Cl2FNS2/c16-9-3-1-4-10(18)14(9)19-15(11-5-2-8-20-11)12-6-7-13(17)21-12/h1-8,15,19H. The minimum Gasteiger partial charge on any atom is -0.369 e. The predicted octanol–water partition coefficient (Wildman–Crippen LogP) is 6.46. The number of thiophene rings is 2. The summed E-state index contributed by atoms with van der Waals surface area (Å²) in [5.41, 5.74) is 0.307. The van der Waals surface area contributed by atoms with Crippen molar-refractivity contribution in [3.05, 3.63) is 72.8 Å². The van der Waals surface area contributed by atoms with Crippen LogP contribution in [-0.2, 0) is 0 Å². The van der Waals surface area contributed by atoms with Crippen LogP contribution in [-0.4, -0.2) is 0 Å². The van der Waals surface area contributed by atoms with Gasteiger partial charge in [0.05, 0.1) is 21.1 Å². The summed E-state index contributed by atoms with van der Waals surface area (Å²) in [7, 11) is 0. The van der Waals surface area contributed by atoms with E-state index in [-0.39, 0.29) is 11.9 Å². The smallest absolute Gasteiger partial charge is 0.147 e. The molecule has 0 amide bonds. The SMILES string of the molecule is Fc1cccc(Cl)c1NC(c1cccs1)c1ccc(Cl)s1. The minimum atomic E-state index is -0.369. The molecule has 2 heterocycles. The molecule has 1 aromatic carbocycles. The van der Waals surface area contributed by atoms with Gasteiger partial charge in [-0.3, -0.25) is 0 Å². The summed E-state index contributed by atoms with van der Waals surface area (Å²) in [6.45, 7) is 0. The normalized spacial score (nSPS) is 12.3. The molecule has 0 bridgehead atoms. The second-order valence-electron chi connectivity index (χ2n) is 4.33. The van der Waals surface area contributed by atoms with Crippen LogP contribution < -0.4 is 5.32 Å². The molecule has 0 saturated carbocycles. The van der Waals surface area contributed by atoms with Crippen LogP contribution in [0.2, 0.25) is 9.36 Å². The molecule has 0 aliphatic heterocycles. The molecule has 2 aromatic heterocycles. The average Bonchev–Trinajstić information content (AvgIpc) is 3.10. The highest BCUT2D eigenvalue weighted by Gasteiger charge is 2.20. The first-order valence-corrected chi connectivity index (χ1v) is 8.59. The average molecular weight is 358 g/mol. The van der Waals surface area contributed by atoms with Crippen LogP contribution in [0.4, 0.5) is 10.1 Å². The van der Waals surface area contributed by atoms with Crippen molar-refractivity contribution in [1.29, 1.82) is 0 Å². The topological polar surface area (TPSA) is 12.0 Å². The first kappa shape index (κ1) is 14.9. The molecule has 3 rings (SSSR count). The molecule has 0 radical (unpaired) electrons. The zero-order chi connectivity index (χ0) is 14.8. The fraction of sp³-hybridized carbons (Fsp3) is 0.0667. The maximum Gasteiger partial charge on any atom is 0.147 e. The molecule has 1 nitrogen and oxygen atoms in total. The van der Waals surface area contributed by atoms with Crippen molar-refractivity contribution in [2.75, 3.05) is 5.32 Å². The van der Waals surface area contributed by atoms with Gasteiger partial charge in [-0.1, -0.05) is 35.3 Å². The van der Waals surface area contributed by atoms with Crippen LogP contribution in [0, 0.1) is 5.82 Å². The molecule has 1 unspecified atom stereocenters. The molecule has 0 aliphatic carbocycles. The molecule has 0 spiro atoms. The van der Waals surface area contributed by atoms with Crippen LogP contribution in [0.25, 0.3) is 0 Å².